The van der Waals surface area contributed by atoms with Crippen LogP contribution in [0.15, 0.2) is 24.4 Å². The Morgan fingerprint density at radius 1 is 1.26 bits per heavy atom. The Hall–Kier alpha value is -2.15. The number of fused-ring (bicyclic) bond motifs is 1. The first-order valence-electron chi connectivity index (χ1n) is 7.78. The van der Waals surface area contributed by atoms with Gasteiger partial charge in [0.15, 0.2) is 17.2 Å². The van der Waals surface area contributed by atoms with Gasteiger partial charge in [0.2, 0.25) is 6.79 Å². The van der Waals surface area contributed by atoms with Crippen LogP contribution in [0.4, 0.5) is 0 Å². The molecular weight excluding hydrogens is 314 g/mol. The van der Waals surface area contributed by atoms with Crippen molar-refractivity contribution >= 4 is 17.6 Å². The molecule has 1 aliphatic carbocycles. The molecule has 6 nitrogen and oxygen atoms in total. The molecule has 0 atom stereocenters. The molecule has 2 heterocycles. The second-order valence-corrected chi connectivity index (χ2v) is 6.41. The second-order valence-electron chi connectivity index (χ2n) is 5.85. The summed E-state index contributed by atoms with van der Waals surface area (Å²) in [6.07, 6.45) is 5.99. The van der Waals surface area contributed by atoms with E-state index >= 15 is 0 Å². The minimum absolute atomic E-state index is 0.0386. The van der Waals surface area contributed by atoms with Crippen molar-refractivity contribution in [3.05, 3.63) is 35.7 Å². The molecular formula is C16H17N3O3S. The van der Waals surface area contributed by atoms with Crippen molar-refractivity contribution in [3.8, 4) is 11.5 Å². The molecule has 120 valence electrons. The maximum Gasteiger partial charge on any atom is 0.275 e. The number of benzene rings is 1. The minimum Gasteiger partial charge on any atom is -0.454 e. The monoisotopic (exact) mass is 331 g/mol. The molecule has 1 aromatic heterocycles. The van der Waals surface area contributed by atoms with Gasteiger partial charge in [-0.3, -0.25) is 4.79 Å². The largest absolute Gasteiger partial charge is 0.454 e. The molecule has 1 aliphatic heterocycles. The van der Waals surface area contributed by atoms with E-state index in [0.29, 0.717) is 12.2 Å². The van der Waals surface area contributed by atoms with E-state index in [1.54, 1.807) is 6.20 Å². The number of carbonyl (C=O) groups is 1. The van der Waals surface area contributed by atoms with Crippen LogP contribution in [-0.2, 0) is 6.54 Å². The highest BCUT2D eigenvalue weighted by Crippen LogP contribution is 2.34. The summed E-state index contributed by atoms with van der Waals surface area (Å²) >= 11 is 1.07. The van der Waals surface area contributed by atoms with Crippen LogP contribution in [-0.4, -0.2) is 32.4 Å². The molecule has 1 aromatic carbocycles. The normalized spacial score (nSPS) is 16.7. The van der Waals surface area contributed by atoms with Gasteiger partial charge in [-0.25, -0.2) is 0 Å². The first-order chi connectivity index (χ1) is 11.3. The van der Waals surface area contributed by atoms with Crippen LogP contribution >= 0.6 is 11.7 Å². The minimum atomic E-state index is -0.0386. The number of nitrogens with zero attached hydrogens (tertiary/aromatic N) is 3. The zero-order chi connectivity index (χ0) is 15.6. The average molecular weight is 331 g/mol. The van der Waals surface area contributed by atoms with E-state index in [1.807, 2.05) is 23.1 Å². The van der Waals surface area contributed by atoms with Gasteiger partial charge < -0.3 is 14.4 Å². The molecule has 1 amide bonds. The predicted molar refractivity (Wildman–Crippen MR) is 84.6 cm³/mol. The van der Waals surface area contributed by atoms with Crippen molar-refractivity contribution in [1.29, 1.82) is 0 Å². The van der Waals surface area contributed by atoms with Crippen LogP contribution in [0.5, 0.6) is 11.5 Å². The summed E-state index contributed by atoms with van der Waals surface area (Å²) in [5.41, 5.74) is 1.47. The maximum absolute atomic E-state index is 12.8. The summed E-state index contributed by atoms with van der Waals surface area (Å²) in [7, 11) is 0. The lowest BCUT2D eigenvalue weighted by Gasteiger charge is -2.28. The Morgan fingerprint density at radius 3 is 2.87 bits per heavy atom. The summed E-state index contributed by atoms with van der Waals surface area (Å²) in [6, 6.07) is 6.12. The highest BCUT2D eigenvalue weighted by Gasteiger charge is 2.29. The van der Waals surface area contributed by atoms with E-state index in [-0.39, 0.29) is 18.7 Å². The molecule has 0 unspecified atom stereocenters. The summed E-state index contributed by atoms with van der Waals surface area (Å²) < 4.78 is 18.8. The molecule has 23 heavy (non-hydrogen) atoms. The summed E-state index contributed by atoms with van der Waals surface area (Å²) in [4.78, 5) is 14.7. The van der Waals surface area contributed by atoms with E-state index in [4.69, 9.17) is 9.47 Å². The second kappa shape index (κ2) is 6.16. The van der Waals surface area contributed by atoms with E-state index < -0.39 is 0 Å². The van der Waals surface area contributed by atoms with Crippen LogP contribution in [0.2, 0.25) is 0 Å². The van der Waals surface area contributed by atoms with Crippen molar-refractivity contribution in [2.24, 2.45) is 0 Å². The number of hydrogen-bond acceptors (Lipinski definition) is 6. The van der Waals surface area contributed by atoms with Crippen LogP contribution in [0.3, 0.4) is 0 Å². The van der Waals surface area contributed by atoms with Gasteiger partial charge in [0.25, 0.3) is 5.91 Å². The summed E-state index contributed by atoms with van der Waals surface area (Å²) in [6.45, 7) is 0.812. The Morgan fingerprint density at radius 2 is 2.09 bits per heavy atom. The van der Waals surface area contributed by atoms with E-state index in [2.05, 4.69) is 8.75 Å². The molecule has 1 saturated carbocycles. The molecule has 0 N–H and O–H groups in total. The Balaban J connectivity index is 1.59. The van der Waals surface area contributed by atoms with Crippen molar-refractivity contribution in [3.63, 3.8) is 0 Å². The lowest BCUT2D eigenvalue weighted by Crippen LogP contribution is -2.38. The molecule has 0 saturated heterocycles. The molecule has 0 bridgehead atoms. The molecule has 2 aromatic rings. The quantitative estimate of drug-likeness (QED) is 0.862. The first kappa shape index (κ1) is 14.4. The number of rotatable bonds is 4. The highest BCUT2D eigenvalue weighted by molar-refractivity contribution is 6.99. The SMILES string of the molecule is O=C(c1cnsn1)N(Cc1ccc2c(c1)OCO2)C1CCCC1. The lowest BCUT2D eigenvalue weighted by molar-refractivity contribution is 0.0659. The standard InChI is InChI=1S/C16H17N3O3S/c20-16(13-8-17-23-18-13)19(12-3-1-2-4-12)9-11-5-6-14-15(7-11)22-10-21-14/h5-8,12H,1-4,9-10H2. The van der Waals surface area contributed by atoms with Crippen LogP contribution in [0.25, 0.3) is 0 Å². The van der Waals surface area contributed by atoms with Crippen LogP contribution < -0.4 is 9.47 Å². The zero-order valence-electron chi connectivity index (χ0n) is 12.6. The first-order valence-corrected chi connectivity index (χ1v) is 8.51. The Labute approximate surface area is 138 Å². The van der Waals surface area contributed by atoms with Crippen LogP contribution in [0, 0.1) is 0 Å². The van der Waals surface area contributed by atoms with Gasteiger partial charge in [-0.1, -0.05) is 18.9 Å². The third-order valence-electron chi connectivity index (χ3n) is 4.40. The van der Waals surface area contributed by atoms with Crippen LogP contribution in [0.1, 0.15) is 41.7 Å². The number of ether oxygens (including phenoxy) is 2. The van der Waals surface area contributed by atoms with E-state index in [9.17, 15) is 4.79 Å². The van der Waals surface area contributed by atoms with Gasteiger partial charge in [-0.05, 0) is 30.5 Å². The van der Waals surface area contributed by atoms with Gasteiger partial charge in [0.05, 0.1) is 17.9 Å². The van der Waals surface area contributed by atoms with Gasteiger partial charge in [-0.15, -0.1) is 0 Å². The maximum atomic E-state index is 12.8. The molecule has 2 aliphatic rings. The number of amides is 1. The fourth-order valence-corrected chi connectivity index (χ4v) is 3.63. The summed E-state index contributed by atoms with van der Waals surface area (Å²) in [5.74, 6) is 1.47. The van der Waals surface area contributed by atoms with Gasteiger partial charge in [0, 0.05) is 12.6 Å². The lowest BCUT2D eigenvalue weighted by atomic mass is 10.1. The fourth-order valence-electron chi connectivity index (χ4n) is 3.22. The van der Waals surface area contributed by atoms with E-state index in [1.165, 1.54) is 12.8 Å². The Kier molecular flexibility index (Phi) is 3.87. The third-order valence-corrected chi connectivity index (χ3v) is 4.87. The van der Waals surface area contributed by atoms with Crippen molar-refractivity contribution in [2.75, 3.05) is 6.79 Å². The molecule has 7 heteroatoms. The van der Waals surface area contributed by atoms with Crippen molar-refractivity contribution < 1.29 is 14.3 Å². The molecule has 0 radical (unpaired) electrons. The average Bonchev–Trinajstić information content (AvgIpc) is 3.33. The number of hydrogen-bond donors (Lipinski definition) is 0. The fraction of sp³-hybridized carbons (Fsp3) is 0.438. The van der Waals surface area contributed by atoms with Crippen molar-refractivity contribution in [1.82, 2.24) is 13.6 Å². The predicted octanol–water partition coefficient (Wildman–Crippen LogP) is 2.85. The van der Waals surface area contributed by atoms with Gasteiger partial charge >= 0.3 is 0 Å². The Bertz CT molecular complexity index is 699. The van der Waals surface area contributed by atoms with Crippen molar-refractivity contribution in [2.45, 2.75) is 38.3 Å². The van der Waals surface area contributed by atoms with Gasteiger partial charge in [-0.2, -0.15) is 8.75 Å². The highest BCUT2D eigenvalue weighted by atomic mass is 32.1. The number of aromatic nitrogens is 2. The molecule has 4 rings (SSSR count). The smallest absolute Gasteiger partial charge is 0.275 e. The third kappa shape index (κ3) is 2.88. The van der Waals surface area contributed by atoms with Gasteiger partial charge in [0.1, 0.15) is 0 Å². The van der Waals surface area contributed by atoms with E-state index in [0.717, 1.165) is 41.6 Å². The molecule has 0 spiro atoms. The number of carbonyl (C=O) groups excluding carboxylic acids is 1. The molecule has 1 fully saturated rings. The summed E-state index contributed by atoms with van der Waals surface area (Å²) in [5, 5.41) is 0. The zero-order valence-corrected chi connectivity index (χ0v) is 13.4. The topological polar surface area (TPSA) is 64.6 Å².